The maximum atomic E-state index is 6.02. The maximum absolute atomic E-state index is 6.02. The average Bonchev–Trinajstić information content (AvgIpc) is 2.47. The first-order chi connectivity index (χ1) is 10.0. The average molecular weight is 312 g/mol. The highest BCUT2D eigenvalue weighted by Gasteiger charge is 2.18. The van der Waals surface area contributed by atoms with E-state index in [4.69, 9.17) is 26.8 Å². The number of guanidine groups is 1. The lowest BCUT2D eigenvalue weighted by Gasteiger charge is -2.32. The van der Waals surface area contributed by atoms with Crippen molar-refractivity contribution in [2.75, 3.05) is 26.2 Å². The summed E-state index contributed by atoms with van der Waals surface area (Å²) >= 11 is 5.84. The molecule has 1 aliphatic heterocycles. The molecule has 1 aliphatic rings. The minimum Gasteiger partial charge on any atom is -0.489 e. The zero-order valence-electron chi connectivity index (χ0n) is 12.5. The van der Waals surface area contributed by atoms with Crippen molar-refractivity contribution < 1.29 is 9.47 Å². The second-order valence-electron chi connectivity index (χ2n) is 5.21. The van der Waals surface area contributed by atoms with Crippen molar-refractivity contribution in [3.63, 3.8) is 0 Å². The van der Waals surface area contributed by atoms with Crippen LogP contribution in [0.15, 0.2) is 29.3 Å². The van der Waals surface area contributed by atoms with Crippen LogP contribution in [0.3, 0.4) is 0 Å². The zero-order chi connectivity index (χ0) is 15.2. The summed E-state index contributed by atoms with van der Waals surface area (Å²) in [7, 11) is 0. The second kappa shape index (κ2) is 7.52. The van der Waals surface area contributed by atoms with Crippen LogP contribution in [0.2, 0.25) is 5.02 Å². The number of morpholine rings is 1. The number of benzene rings is 1. The number of nitrogens with two attached hydrogens (primary N) is 1. The molecule has 21 heavy (non-hydrogen) atoms. The summed E-state index contributed by atoms with van der Waals surface area (Å²) in [6.07, 6.45) is 0.137. The van der Waals surface area contributed by atoms with Crippen LogP contribution in [0.1, 0.15) is 13.8 Å². The fourth-order valence-corrected chi connectivity index (χ4v) is 2.26. The van der Waals surface area contributed by atoms with Crippen molar-refractivity contribution in [1.29, 1.82) is 0 Å². The van der Waals surface area contributed by atoms with Gasteiger partial charge in [-0.2, -0.15) is 0 Å². The number of hydrogen-bond acceptors (Lipinski definition) is 3. The Kier molecular flexibility index (Phi) is 5.70. The standard InChI is InChI=1S/C15H22ClN3O2/c1-11(21-14-5-3-13(16)4-6-14)9-18-15(17)19-7-8-20-12(2)10-19/h3-6,11-12H,7-10H2,1-2H3,(H2,17,18)/t11-,12?/m0/s1. The Balaban J connectivity index is 1.83. The van der Waals surface area contributed by atoms with Gasteiger partial charge in [-0.1, -0.05) is 11.6 Å². The first-order valence-electron chi connectivity index (χ1n) is 7.13. The Hall–Kier alpha value is -1.46. The number of nitrogens with zero attached hydrogens (tertiary/aromatic N) is 2. The van der Waals surface area contributed by atoms with Crippen molar-refractivity contribution in [3.8, 4) is 5.75 Å². The van der Waals surface area contributed by atoms with E-state index < -0.39 is 0 Å². The largest absolute Gasteiger partial charge is 0.489 e. The van der Waals surface area contributed by atoms with E-state index in [1.54, 1.807) is 12.1 Å². The molecule has 0 amide bonds. The van der Waals surface area contributed by atoms with E-state index in [0.29, 0.717) is 24.1 Å². The third-order valence-electron chi connectivity index (χ3n) is 3.23. The highest BCUT2D eigenvalue weighted by Crippen LogP contribution is 2.16. The fourth-order valence-electron chi connectivity index (χ4n) is 2.13. The van der Waals surface area contributed by atoms with Gasteiger partial charge in [-0.25, -0.2) is 4.99 Å². The molecule has 1 saturated heterocycles. The Labute approximate surface area is 130 Å². The minimum atomic E-state index is -0.0526. The summed E-state index contributed by atoms with van der Waals surface area (Å²) < 4.78 is 11.2. The Bertz CT molecular complexity index is 478. The van der Waals surface area contributed by atoms with Crippen LogP contribution in [0.25, 0.3) is 0 Å². The smallest absolute Gasteiger partial charge is 0.191 e. The molecular formula is C15H22ClN3O2. The van der Waals surface area contributed by atoms with E-state index >= 15 is 0 Å². The van der Waals surface area contributed by atoms with Crippen molar-refractivity contribution in [2.45, 2.75) is 26.1 Å². The van der Waals surface area contributed by atoms with Gasteiger partial charge in [0, 0.05) is 18.1 Å². The molecule has 2 rings (SSSR count). The SMILES string of the molecule is CC1CN(C(N)=NC[C@H](C)Oc2ccc(Cl)cc2)CCO1. The molecule has 2 atom stereocenters. The lowest BCUT2D eigenvalue weighted by Crippen LogP contribution is -2.48. The van der Waals surface area contributed by atoms with Crippen LogP contribution < -0.4 is 10.5 Å². The lowest BCUT2D eigenvalue weighted by atomic mass is 10.3. The quantitative estimate of drug-likeness (QED) is 0.683. The predicted molar refractivity (Wildman–Crippen MR) is 85.0 cm³/mol. The summed E-state index contributed by atoms with van der Waals surface area (Å²) in [5, 5.41) is 0.693. The minimum absolute atomic E-state index is 0.0526. The van der Waals surface area contributed by atoms with Crippen LogP contribution in [-0.2, 0) is 4.74 Å². The van der Waals surface area contributed by atoms with E-state index in [-0.39, 0.29) is 12.2 Å². The number of ether oxygens (including phenoxy) is 2. The highest BCUT2D eigenvalue weighted by molar-refractivity contribution is 6.30. The monoisotopic (exact) mass is 311 g/mol. The van der Waals surface area contributed by atoms with Gasteiger partial charge >= 0.3 is 0 Å². The first kappa shape index (κ1) is 15.9. The molecule has 1 unspecified atom stereocenters. The zero-order valence-corrected chi connectivity index (χ0v) is 13.2. The Morgan fingerprint density at radius 3 is 2.90 bits per heavy atom. The van der Waals surface area contributed by atoms with Crippen molar-refractivity contribution in [3.05, 3.63) is 29.3 Å². The van der Waals surface area contributed by atoms with Gasteiger partial charge < -0.3 is 20.1 Å². The Morgan fingerprint density at radius 1 is 1.52 bits per heavy atom. The summed E-state index contributed by atoms with van der Waals surface area (Å²) in [6.45, 7) is 6.77. The van der Waals surface area contributed by atoms with E-state index in [9.17, 15) is 0 Å². The number of rotatable bonds is 4. The summed E-state index contributed by atoms with van der Waals surface area (Å²) in [5.41, 5.74) is 6.02. The van der Waals surface area contributed by atoms with E-state index in [2.05, 4.69) is 4.99 Å². The fraction of sp³-hybridized carbons (Fsp3) is 0.533. The molecule has 6 heteroatoms. The van der Waals surface area contributed by atoms with Crippen molar-refractivity contribution >= 4 is 17.6 Å². The normalized spacial score (nSPS) is 21.2. The molecule has 1 aromatic carbocycles. The molecule has 0 aliphatic carbocycles. The first-order valence-corrected chi connectivity index (χ1v) is 7.51. The molecule has 0 saturated carbocycles. The molecule has 1 aromatic rings. The molecule has 0 bridgehead atoms. The second-order valence-corrected chi connectivity index (χ2v) is 5.65. The van der Waals surface area contributed by atoms with Gasteiger partial charge in [0.05, 0.1) is 19.3 Å². The lowest BCUT2D eigenvalue weighted by molar-refractivity contribution is 0.00525. The topological polar surface area (TPSA) is 60.1 Å². The number of aliphatic imine (C=N–C) groups is 1. The summed E-state index contributed by atoms with van der Waals surface area (Å²) in [6, 6.07) is 7.29. The number of hydrogen-bond donors (Lipinski definition) is 1. The third kappa shape index (κ3) is 5.10. The van der Waals surface area contributed by atoms with Crippen molar-refractivity contribution in [1.82, 2.24) is 4.90 Å². The maximum Gasteiger partial charge on any atom is 0.191 e. The molecule has 1 fully saturated rings. The van der Waals surface area contributed by atoms with Gasteiger partial charge in [0.25, 0.3) is 0 Å². The van der Waals surface area contributed by atoms with Gasteiger partial charge in [-0.15, -0.1) is 0 Å². The van der Waals surface area contributed by atoms with Gasteiger partial charge in [0.2, 0.25) is 0 Å². The molecular weight excluding hydrogens is 290 g/mol. The van der Waals surface area contributed by atoms with Crippen LogP contribution in [0.4, 0.5) is 0 Å². The molecule has 0 radical (unpaired) electrons. The van der Waals surface area contributed by atoms with Crippen molar-refractivity contribution in [2.24, 2.45) is 10.7 Å². The van der Waals surface area contributed by atoms with Crippen LogP contribution in [0.5, 0.6) is 5.75 Å². The van der Waals surface area contributed by atoms with Crippen LogP contribution in [-0.4, -0.2) is 49.3 Å². The van der Waals surface area contributed by atoms with E-state index in [0.717, 1.165) is 18.8 Å². The third-order valence-corrected chi connectivity index (χ3v) is 3.48. The predicted octanol–water partition coefficient (Wildman–Crippen LogP) is 2.14. The van der Waals surface area contributed by atoms with Crippen LogP contribution >= 0.6 is 11.6 Å². The van der Waals surface area contributed by atoms with Gasteiger partial charge in [0.15, 0.2) is 5.96 Å². The van der Waals surface area contributed by atoms with Gasteiger partial charge in [-0.05, 0) is 38.1 Å². The Morgan fingerprint density at radius 2 is 2.24 bits per heavy atom. The summed E-state index contributed by atoms with van der Waals surface area (Å²) in [4.78, 5) is 6.45. The molecule has 116 valence electrons. The van der Waals surface area contributed by atoms with Gasteiger partial charge in [-0.3, -0.25) is 0 Å². The molecule has 0 aromatic heterocycles. The summed E-state index contributed by atoms with van der Waals surface area (Å²) in [5.74, 6) is 1.33. The van der Waals surface area contributed by atoms with E-state index in [1.807, 2.05) is 30.9 Å². The van der Waals surface area contributed by atoms with Gasteiger partial charge in [0.1, 0.15) is 11.9 Å². The highest BCUT2D eigenvalue weighted by atomic mass is 35.5. The van der Waals surface area contributed by atoms with Crippen LogP contribution in [0, 0.1) is 0 Å². The molecule has 2 N–H and O–H groups in total. The van der Waals surface area contributed by atoms with E-state index in [1.165, 1.54) is 0 Å². The molecule has 0 spiro atoms. The number of halogens is 1. The molecule has 5 nitrogen and oxygen atoms in total. The molecule has 1 heterocycles.